The minimum absolute atomic E-state index is 0.0562. The summed E-state index contributed by atoms with van der Waals surface area (Å²) in [4.78, 5) is 36.7. The number of carbonyl (C=O) groups excluding carboxylic acids is 1. The summed E-state index contributed by atoms with van der Waals surface area (Å²) in [5.74, 6) is -2.90. The molecule has 1 heterocycles. The highest BCUT2D eigenvalue weighted by Gasteiger charge is 2.38. The molecule has 1 aliphatic rings. The van der Waals surface area contributed by atoms with Gasteiger partial charge in [0.05, 0.1) is 28.1 Å². The number of hydrogen-bond donors (Lipinski definition) is 2. The van der Waals surface area contributed by atoms with Gasteiger partial charge in [-0.1, -0.05) is 57.2 Å². The van der Waals surface area contributed by atoms with Gasteiger partial charge in [0.1, 0.15) is 0 Å². The highest BCUT2D eigenvalue weighted by Crippen LogP contribution is 2.40. The molecule has 0 saturated heterocycles. The third kappa shape index (κ3) is 8.27. The highest BCUT2D eigenvalue weighted by molar-refractivity contribution is 6.87. The minimum Gasteiger partial charge on any atom is -0.478 e. The van der Waals surface area contributed by atoms with Gasteiger partial charge in [0, 0.05) is 23.5 Å². The van der Waals surface area contributed by atoms with Crippen molar-refractivity contribution >= 4 is 40.9 Å². The topological polar surface area (TPSA) is 128 Å². The number of allylic oxidation sites excluding steroid dienone is 2. The van der Waals surface area contributed by atoms with Gasteiger partial charge in [0.2, 0.25) is 18.1 Å². The Hall–Kier alpha value is -3.55. The van der Waals surface area contributed by atoms with Crippen LogP contribution >= 0.6 is 0 Å². The Morgan fingerprint density at radius 3 is 2.29 bits per heavy atom. The lowest BCUT2D eigenvalue weighted by Crippen LogP contribution is -2.46. The van der Waals surface area contributed by atoms with Gasteiger partial charge < -0.3 is 19.3 Å². The van der Waals surface area contributed by atoms with E-state index in [9.17, 15) is 24.8 Å². The molecule has 0 saturated carbocycles. The van der Waals surface area contributed by atoms with Crippen LogP contribution in [0.2, 0.25) is 18.1 Å². The first-order valence-electron chi connectivity index (χ1n) is 13.9. The Kier molecular flexibility index (Phi) is 10.3. The van der Waals surface area contributed by atoms with E-state index in [-0.39, 0.29) is 21.9 Å². The van der Waals surface area contributed by atoms with E-state index in [1.165, 1.54) is 23.4 Å². The van der Waals surface area contributed by atoms with E-state index in [4.69, 9.17) is 8.85 Å². The summed E-state index contributed by atoms with van der Waals surface area (Å²) in [5, 5.41) is 25.8. The molecular formula is C31H40N2O7Si2. The molecule has 0 fully saturated rings. The molecule has 2 aromatic rings. The lowest BCUT2D eigenvalue weighted by Gasteiger charge is -2.30. The van der Waals surface area contributed by atoms with E-state index >= 15 is 0 Å². The molecule has 1 aliphatic heterocycles. The monoisotopic (exact) mass is 608 g/mol. The fourth-order valence-electron chi connectivity index (χ4n) is 4.79. The second-order valence-electron chi connectivity index (χ2n) is 12.2. The summed E-state index contributed by atoms with van der Waals surface area (Å²) in [6.45, 7) is 16.0. The lowest BCUT2D eigenvalue weighted by atomic mass is 9.80. The van der Waals surface area contributed by atoms with Crippen LogP contribution in [0.5, 0.6) is 0 Å². The second-order valence-corrected chi connectivity index (χ2v) is 18.3. The zero-order valence-electron chi connectivity index (χ0n) is 25.5. The van der Waals surface area contributed by atoms with Crippen molar-refractivity contribution in [2.24, 2.45) is 0 Å². The number of aryl methyl sites for hydroxylation is 1. The van der Waals surface area contributed by atoms with Crippen LogP contribution in [0.25, 0.3) is 0 Å². The van der Waals surface area contributed by atoms with Crippen LogP contribution in [0.4, 0.5) is 5.69 Å². The summed E-state index contributed by atoms with van der Waals surface area (Å²) in [5.41, 5.74) is 2.13. The normalized spacial score (nSPS) is 16.6. The molecule has 0 bridgehead atoms. The second kappa shape index (κ2) is 13.2. The molecule has 0 aromatic heterocycles. The molecule has 11 heteroatoms. The Balaban J connectivity index is 1.74. The van der Waals surface area contributed by atoms with Crippen LogP contribution in [0, 0.1) is 10.1 Å². The van der Waals surface area contributed by atoms with Crippen LogP contribution in [-0.4, -0.2) is 46.2 Å². The predicted octanol–water partition coefficient (Wildman–Crippen LogP) is 5.75. The van der Waals surface area contributed by atoms with Gasteiger partial charge in [-0.15, -0.1) is 0 Å². The molecule has 2 atom stereocenters. The molecule has 2 N–H and O–H groups in total. The molecular weight excluding hydrogens is 569 g/mol. The highest BCUT2D eigenvalue weighted by atomic mass is 28.4. The molecule has 9 nitrogen and oxygen atoms in total. The van der Waals surface area contributed by atoms with Gasteiger partial charge in [-0.05, 0) is 68.1 Å². The Morgan fingerprint density at radius 2 is 1.71 bits per heavy atom. The van der Waals surface area contributed by atoms with E-state index < -0.39 is 37.2 Å². The largest absolute Gasteiger partial charge is 0.478 e. The number of nitrogens with zero attached hydrogens (tertiary/aromatic N) is 1. The lowest BCUT2D eigenvalue weighted by molar-refractivity contribution is -0.384. The number of carboxylic acid groups (broad SMARTS) is 1. The number of aliphatic carboxylic acids is 1. The van der Waals surface area contributed by atoms with Gasteiger partial charge in [-0.2, -0.15) is 0 Å². The average Bonchev–Trinajstić information content (AvgIpc) is 2.90. The summed E-state index contributed by atoms with van der Waals surface area (Å²) in [7, 11) is -1.59. The number of hydrogen-bond acceptors (Lipinski definition) is 7. The van der Waals surface area contributed by atoms with E-state index in [0.717, 1.165) is 5.56 Å². The first-order chi connectivity index (χ1) is 19.5. The van der Waals surface area contributed by atoms with Gasteiger partial charge in [-0.3, -0.25) is 10.1 Å². The maximum atomic E-state index is 13.5. The van der Waals surface area contributed by atoms with E-state index in [2.05, 4.69) is 63.4 Å². The van der Waals surface area contributed by atoms with Crippen molar-refractivity contribution in [1.82, 2.24) is 5.32 Å². The average molecular weight is 609 g/mol. The van der Waals surface area contributed by atoms with Crippen LogP contribution in [0.15, 0.2) is 71.1 Å². The summed E-state index contributed by atoms with van der Waals surface area (Å²) in [6, 6.07) is 14.1. The molecule has 224 valence electrons. The zero-order valence-corrected chi connectivity index (χ0v) is 27.5. The van der Waals surface area contributed by atoms with Crippen molar-refractivity contribution in [3.8, 4) is 0 Å². The third-order valence-electron chi connectivity index (χ3n) is 7.03. The smallest absolute Gasteiger partial charge is 0.337 e. The van der Waals surface area contributed by atoms with Crippen molar-refractivity contribution in [2.75, 3.05) is 0 Å². The number of benzene rings is 2. The maximum Gasteiger partial charge on any atom is 0.337 e. The number of rotatable bonds is 11. The fourth-order valence-corrected chi connectivity index (χ4v) is 8.47. The van der Waals surface area contributed by atoms with Crippen molar-refractivity contribution < 1.29 is 28.5 Å². The molecule has 2 unspecified atom stereocenters. The minimum atomic E-state index is -2.02. The standard InChI is InChI=1S/C31H40N2O7Si2/c1-19(12-13-22-14-16-25(17-15-22)42(7,8)40-41-31(4,5)6)39-30(36)27-21(3)32-20(2)26(29(34)35)28(27)23-10-9-11-24(18-23)33(37)38/h9-11,14-19,28,32H,12-13H2,1-8H3,(H,34,35). The quantitative estimate of drug-likeness (QED) is 0.143. The number of esters is 1. The van der Waals surface area contributed by atoms with E-state index in [1.54, 1.807) is 26.8 Å². The zero-order chi connectivity index (χ0) is 31.4. The predicted molar refractivity (Wildman–Crippen MR) is 166 cm³/mol. The van der Waals surface area contributed by atoms with Crippen molar-refractivity contribution in [1.29, 1.82) is 0 Å². The number of non-ortho nitro benzene ring substituents is 1. The van der Waals surface area contributed by atoms with Gasteiger partial charge >= 0.3 is 11.9 Å². The number of carboxylic acids is 1. The summed E-state index contributed by atoms with van der Waals surface area (Å²) >= 11 is 0. The van der Waals surface area contributed by atoms with Crippen molar-refractivity contribution in [3.05, 3.63) is 92.3 Å². The van der Waals surface area contributed by atoms with Gasteiger partial charge in [-0.25, -0.2) is 9.59 Å². The number of nitro groups is 1. The number of ether oxygens (including phenoxy) is 1. The molecule has 0 amide bonds. The van der Waals surface area contributed by atoms with Gasteiger partial charge in [0.15, 0.2) is 0 Å². The Bertz CT molecular complexity index is 1410. The number of carbonyl (C=O) groups is 2. The van der Waals surface area contributed by atoms with Crippen LogP contribution < -0.4 is 10.5 Å². The summed E-state index contributed by atoms with van der Waals surface area (Å²) in [6.07, 6.45) is 0.798. The SMILES string of the molecule is CC1=C(C(=O)O)C(c2cccc([N+](=O)[O-])c2)C(C(=O)OC(C)CCc2ccc([Si](C)(C)O[Si]C(C)(C)C)cc2)=C(C)N1. The van der Waals surface area contributed by atoms with Crippen LogP contribution in [0.3, 0.4) is 0 Å². The molecule has 2 radical (unpaired) electrons. The van der Waals surface area contributed by atoms with Crippen molar-refractivity contribution in [3.63, 3.8) is 0 Å². The van der Waals surface area contributed by atoms with Crippen LogP contribution in [0.1, 0.15) is 65.0 Å². The van der Waals surface area contributed by atoms with Gasteiger partial charge in [0.25, 0.3) is 5.69 Å². The van der Waals surface area contributed by atoms with Crippen molar-refractivity contribution in [2.45, 2.75) is 84.5 Å². The maximum absolute atomic E-state index is 13.5. The number of nitro benzene ring substituents is 1. The third-order valence-corrected chi connectivity index (χ3v) is 11.8. The van der Waals surface area contributed by atoms with Crippen LogP contribution in [-0.2, 0) is 24.9 Å². The number of nitrogens with one attached hydrogen (secondary N) is 1. The molecule has 3 rings (SSSR count). The first kappa shape index (κ1) is 33.0. The Morgan fingerprint density at radius 1 is 1.10 bits per heavy atom. The summed E-state index contributed by atoms with van der Waals surface area (Å²) < 4.78 is 12.2. The number of dihydropyridines is 1. The fraction of sp³-hybridized carbons (Fsp3) is 0.419. The van der Waals surface area contributed by atoms with E-state index in [0.29, 0.717) is 39.6 Å². The molecule has 2 aromatic carbocycles. The molecule has 0 aliphatic carbocycles. The molecule has 42 heavy (non-hydrogen) atoms. The Labute approximate surface area is 251 Å². The first-order valence-corrected chi connectivity index (χ1v) is 17.7. The van der Waals surface area contributed by atoms with E-state index in [1.807, 2.05) is 0 Å². The molecule has 0 spiro atoms.